The highest BCUT2D eigenvalue weighted by Gasteiger charge is 2.35. The monoisotopic (exact) mass is 385 g/mol. The summed E-state index contributed by atoms with van der Waals surface area (Å²) in [6, 6.07) is 6.45. The summed E-state index contributed by atoms with van der Waals surface area (Å²) in [5.74, 6) is 0.671. The number of nitrogens with one attached hydrogen (secondary N) is 1. The zero-order chi connectivity index (χ0) is 20.3. The Labute approximate surface area is 169 Å². The summed E-state index contributed by atoms with van der Waals surface area (Å²) in [6.45, 7) is 4.80. The third-order valence-corrected chi connectivity index (χ3v) is 6.25. The van der Waals surface area contributed by atoms with E-state index in [0.29, 0.717) is 12.6 Å². The van der Waals surface area contributed by atoms with Crippen molar-refractivity contribution in [3.63, 3.8) is 0 Å². The van der Waals surface area contributed by atoms with Crippen molar-refractivity contribution in [3.8, 4) is 0 Å². The standard InChI is InChI=1S/C23H35N3O2/c1-5-16(6-2)23(28)26(20-11-12-20)15-18-14-19(10-13-21(18)25(3)4)24-22(27)17-8-7-9-17/h10,13-14,16-17,20H,5-9,11-12,15H2,1-4H3,(H,24,27). The highest BCUT2D eigenvalue weighted by atomic mass is 16.2. The molecule has 0 heterocycles. The van der Waals surface area contributed by atoms with Crippen LogP contribution in [-0.4, -0.2) is 36.9 Å². The molecule has 154 valence electrons. The zero-order valence-corrected chi connectivity index (χ0v) is 17.8. The Morgan fingerprint density at radius 1 is 1.11 bits per heavy atom. The van der Waals surface area contributed by atoms with Crippen molar-refractivity contribution < 1.29 is 9.59 Å². The number of rotatable bonds is 9. The SMILES string of the molecule is CCC(CC)C(=O)N(Cc1cc(NC(=O)C2CCC2)ccc1N(C)C)C1CC1. The van der Waals surface area contributed by atoms with Gasteiger partial charge in [-0.1, -0.05) is 20.3 Å². The van der Waals surface area contributed by atoms with Crippen LogP contribution in [0.15, 0.2) is 18.2 Å². The summed E-state index contributed by atoms with van der Waals surface area (Å²) in [4.78, 5) is 29.6. The Balaban J connectivity index is 1.81. The molecule has 0 unspecified atom stereocenters. The van der Waals surface area contributed by atoms with Crippen molar-refractivity contribution in [2.75, 3.05) is 24.3 Å². The molecule has 1 aromatic carbocycles. The largest absolute Gasteiger partial charge is 0.377 e. The number of hydrogen-bond donors (Lipinski definition) is 1. The van der Waals surface area contributed by atoms with Crippen LogP contribution < -0.4 is 10.2 Å². The van der Waals surface area contributed by atoms with E-state index in [1.807, 2.05) is 20.2 Å². The predicted octanol–water partition coefficient (Wildman–Crippen LogP) is 4.42. The summed E-state index contributed by atoms with van der Waals surface area (Å²) in [6.07, 6.45) is 7.11. The first kappa shape index (κ1) is 20.7. The van der Waals surface area contributed by atoms with E-state index in [9.17, 15) is 9.59 Å². The number of carbonyl (C=O) groups is 2. The normalized spacial score (nSPS) is 16.6. The van der Waals surface area contributed by atoms with E-state index in [1.54, 1.807) is 0 Å². The number of anilines is 2. The third kappa shape index (κ3) is 4.68. The van der Waals surface area contributed by atoms with Gasteiger partial charge < -0.3 is 15.1 Å². The van der Waals surface area contributed by atoms with E-state index in [1.165, 1.54) is 0 Å². The molecule has 5 nitrogen and oxygen atoms in total. The van der Waals surface area contributed by atoms with Crippen molar-refractivity contribution in [1.29, 1.82) is 0 Å². The third-order valence-electron chi connectivity index (χ3n) is 6.25. The molecule has 0 saturated heterocycles. The Bertz CT molecular complexity index is 704. The minimum Gasteiger partial charge on any atom is -0.377 e. The van der Waals surface area contributed by atoms with Crippen LogP contribution in [0.5, 0.6) is 0 Å². The van der Waals surface area contributed by atoms with Crippen molar-refractivity contribution in [2.45, 2.75) is 71.4 Å². The average molecular weight is 386 g/mol. The topological polar surface area (TPSA) is 52.7 Å². The van der Waals surface area contributed by atoms with Gasteiger partial charge in [-0.2, -0.15) is 0 Å². The van der Waals surface area contributed by atoms with Gasteiger partial charge in [0.15, 0.2) is 0 Å². The maximum atomic E-state index is 13.1. The highest BCUT2D eigenvalue weighted by molar-refractivity contribution is 5.93. The first-order valence-electron chi connectivity index (χ1n) is 10.9. The zero-order valence-electron chi connectivity index (χ0n) is 17.8. The van der Waals surface area contributed by atoms with Crippen molar-refractivity contribution >= 4 is 23.2 Å². The smallest absolute Gasteiger partial charge is 0.227 e. The lowest BCUT2D eigenvalue weighted by atomic mass is 9.85. The first-order valence-corrected chi connectivity index (χ1v) is 10.9. The van der Waals surface area contributed by atoms with E-state index in [-0.39, 0.29) is 23.7 Å². The van der Waals surface area contributed by atoms with Gasteiger partial charge in [0, 0.05) is 49.9 Å². The van der Waals surface area contributed by atoms with Crippen LogP contribution >= 0.6 is 0 Å². The van der Waals surface area contributed by atoms with Gasteiger partial charge in [0.05, 0.1) is 0 Å². The molecule has 2 amide bonds. The molecule has 0 aliphatic heterocycles. The predicted molar refractivity (Wildman–Crippen MR) is 114 cm³/mol. The van der Waals surface area contributed by atoms with Crippen LogP contribution in [0.25, 0.3) is 0 Å². The van der Waals surface area contributed by atoms with Crippen molar-refractivity contribution in [1.82, 2.24) is 4.90 Å². The van der Waals surface area contributed by atoms with E-state index in [4.69, 9.17) is 0 Å². The Hall–Kier alpha value is -2.04. The fourth-order valence-corrected chi connectivity index (χ4v) is 3.97. The van der Waals surface area contributed by atoms with Gasteiger partial charge in [0.1, 0.15) is 0 Å². The molecule has 3 rings (SSSR count). The molecule has 1 aromatic rings. The van der Waals surface area contributed by atoms with Crippen LogP contribution in [0.3, 0.4) is 0 Å². The molecule has 0 spiro atoms. The minimum absolute atomic E-state index is 0.102. The van der Waals surface area contributed by atoms with Gasteiger partial charge in [-0.05, 0) is 62.3 Å². The summed E-state index contributed by atoms with van der Waals surface area (Å²) in [7, 11) is 4.05. The molecule has 2 fully saturated rings. The number of benzene rings is 1. The first-order chi connectivity index (χ1) is 13.4. The van der Waals surface area contributed by atoms with Gasteiger partial charge in [0.25, 0.3) is 0 Å². The van der Waals surface area contributed by atoms with Crippen LogP contribution in [0.2, 0.25) is 0 Å². The fraction of sp³-hybridized carbons (Fsp3) is 0.652. The number of amides is 2. The summed E-state index contributed by atoms with van der Waals surface area (Å²) >= 11 is 0. The van der Waals surface area contributed by atoms with Gasteiger partial charge in [0.2, 0.25) is 11.8 Å². The number of carbonyl (C=O) groups excluding carboxylic acids is 2. The molecule has 0 radical (unpaired) electrons. The molecule has 2 saturated carbocycles. The summed E-state index contributed by atoms with van der Waals surface area (Å²) in [5, 5.41) is 3.08. The molecule has 2 aliphatic rings. The second-order valence-corrected chi connectivity index (χ2v) is 8.57. The van der Waals surface area contributed by atoms with E-state index in [2.05, 4.69) is 41.1 Å². The molecular formula is C23H35N3O2. The lowest BCUT2D eigenvalue weighted by Crippen LogP contribution is -2.37. The molecule has 0 bridgehead atoms. The lowest BCUT2D eigenvalue weighted by Gasteiger charge is -2.29. The molecule has 28 heavy (non-hydrogen) atoms. The van der Waals surface area contributed by atoms with Gasteiger partial charge in [-0.25, -0.2) is 0 Å². The molecular weight excluding hydrogens is 350 g/mol. The van der Waals surface area contributed by atoms with Gasteiger partial charge >= 0.3 is 0 Å². The van der Waals surface area contributed by atoms with Crippen molar-refractivity contribution in [3.05, 3.63) is 23.8 Å². The molecule has 1 N–H and O–H groups in total. The Kier molecular flexibility index (Phi) is 6.63. The fourth-order valence-electron chi connectivity index (χ4n) is 3.97. The second-order valence-electron chi connectivity index (χ2n) is 8.57. The van der Waals surface area contributed by atoms with Gasteiger partial charge in [-0.3, -0.25) is 9.59 Å². The lowest BCUT2D eigenvalue weighted by molar-refractivity contribution is -0.137. The minimum atomic E-state index is 0.102. The Morgan fingerprint density at radius 2 is 1.79 bits per heavy atom. The van der Waals surface area contributed by atoms with Crippen LogP contribution in [0, 0.1) is 11.8 Å². The van der Waals surface area contributed by atoms with Crippen LogP contribution in [0.4, 0.5) is 11.4 Å². The van der Waals surface area contributed by atoms with Crippen molar-refractivity contribution in [2.24, 2.45) is 11.8 Å². The highest BCUT2D eigenvalue weighted by Crippen LogP contribution is 2.34. The van der Waals surface area contributed by atoms with E-state index < -0.39 is 0 Å². The van der Waals surface area contributed by atoms with Crippen LogP contribution in [0.1, 0.15) is 64.4 Å². The van der Waals surface area contributed by atoms with Crippen LogP contribution in [-0.2, 0) is 16.1 Å². The number of nitrogens with zero attached hydrogens (tertiary/aromatic N) is 2. The molecule has 5 heteroatoms. The summed E-state index contributed by atoms with van der Waals surface area (Å²) in [5.41, 5.74) is 3.04. The molecule has 2 aliphatic carbocycles. The van der Waals surface area contributed by atoms with E-state index >= 15 is 0 Å². The maximum absolute atomic E-state index is 13.1. The number of hydrogen-bond acceptors (Lipinski definition) is 3. The Morgan fingerprint density at radius 3 is 2.29 bits per heavy atom. The van der Waals surface area contributed by atoms with Gasteiger partial charge in [-0.15, -0.1) is 0 Å². The average Bonchev–Trinajstić information content (AvgIpc) is 3.43. The molecule has 0 aromatic heterocycles. The maximum Gasteiger partial charge on any atom is 0.227 e. The quantitative estimate of drug-likeness (QED) is 0.685. The molecule has 0 atom stereocenters. The second kappa shape index (κ2) is 8.97. The van der Waals surface area contributed by atoms with E-state index in [0.717, 1.165) is 61.9 Å². The summed E-state index contributed by atoms with van der Waals surface area (Å²) < 4.78 is 0.